The van der Waals surface area contributed by atoms with Crippen LogP contribution in [0.25, 0.3) is 11.3 Å². The number of thiazole rings is 1. The second-order valence-corrected chi connectivity index (χ2v) is 6.72. The SMILES string of the molecule is COc1ccc2c(c1)Cc1sc(N=Cc3ccccc3Cl)nc1-2. The van der Waals surface area contributed by atoms with Gasteiger partial charge in [-0.25, -0.2) is 9.98 Å². The van der Waals surface area contributed by atoms with E-state index in [2.05, 4.69) is 22.1 Å². The van der Waals surface area contributed by atoms with Gasteiger partial charge in [-0.05, 0) is 29.8 Å². The average Bonchev–Trinajstić information content (AvgIpc) is 3.10. The third-order valence-electron chi connectivity index (χ3n) is 3.82. The molecular weight excluding hydrogens is 328 g/mol. The van der Waals surface area contributed by atoms with Gasteiger partial charge in [0.2, 0.25) is 5.13 Å². The summed E-state index contributed by atoms with van der Waals surface area (Å²) in [5.74, 6) is 0.885. The Balaban J connectivity index is 1.64. The van der Waals surface area contributed by atoms with E-state index in [1.807, 2.05) is 30.3 Å². The summed E-state index contributed by atoms with van der Waals surface area (Å²) in [6, 6.07) is 13.8. The van der Waals surface area contributed by atoms with Crippen molar-refractivity contribution in [3.8, 4) is 17.0 Å². The number of rotatable bonds is 3. The van der Waals surface area contributed by atoms with Gasteiger partial charge in [-0.1, -0.05) is 41.1 Å². The first-order chi connectivity index (χ1) is 11.2. The summed E-state index contributed by atoms with van der Waals surface area (Å²) in [4.78, 5) is 10.4. The van der Waals surface area contributed by atoms with Crippen LogP contribution in [-0.4, -0.2) is 18.3 Å². The fourth-order valence-corrected chi connectivity index (χ4v) is 3.80. The van der Waals surface area contributed by atoms with Crippen LogP contribution in [0.15, 0.2) is 47.5 Å². The molecule has 0 bridgehead atoms. The van der Waals surface area contributed by atoms with Crippen molar-refractivity contribution in [2.75, 3.05) is 7.11 Å². The lowest BCUT2D eigenvalue weighted by Crippen LogP contribution is -1.86. The molecule has 0 aliphatic heterocycles. The summed E-state index contributed by atoms with van der Waals surface area (Å²) >= 11 is 7.76. The van der Waals surface area contributed by atoms with E-state index < -0.39 is 0 Å². The van der Waals surface area contributed by atoms with Crippen molar-refractivity contribution in [3.05, 3.63) is 63.5 Å². The van der Waals surface area contributed by atoms with E-state index in [0.29, 0.717) is 5.02 Å². The Kier molecular flexibility index (Phi) is 3.63. The van der Waals surface area contributed by atoms with Crippen LogP contribution in [0.1, 0.15) is 16.0 Å². The molecule has 1 aromatic heterocycles. The van der Waals surface area contributed by atoms with Crippen LogP contribution in [0.4, 0.5) is 5.13 Å². The molecule has 3 aromatic rings. The molecule has 4 rings (SSSR count). The first kappa shape index (κ1) is 14.4. The fourth-order valence-electron chi connectivity index (χ4n) is 2.68. The molecule has 0 fully saturated rings. The summed E-state index contributed by atoms with van der Waals surface area (Å²) in [7, 11) is 1.69. The molecule has 0 unspecified atom stereocenters. The predicted molar refractivity (Wildman–Crippen MR) is 95.6 cm³/mol. The van der Waals surface area contributed by atoms with Crippen LogP contribution in [-0.2, 0) is 6.42 Å². The zero-order valence-electron chi connectivity index (χ0n) is 12.4. The van der Waals surface area contributed by atoms with Crippen molar-refractivity contribution in [3.63, 3.8) is 0 Å². The number of methoxy groups -OCH3 is 1. The van der Waals surface area contributed by atoms with Crippen LogP contribution < -0.4 is 4.74 Å². The number of nitrogens with zero attached hydrogens (tertiary/aromatic N) is 2. The van der Waals surface area contributed by atoms with Gasteiger partial charge in [-0.3, -0.25) is 0 Å². The maximum atomic E-state index is 6.14. The van der Waals surface area contributed by atoms with Crippen molar-refractivity contribution in [2.24, 2.45) is 4.99 Å². The Morgan fingerprint density at radius 1 is 1.26 bits per heavy atom. The van der Waals surface area contributed by atoms with Gasteiger partial charge in [-0.2, -0.15) is 0 Å². The van der Waals surface area contributed by atoms with Gasteiger partial charge in [0, 0.05) is 33.7 Å². The minimum Gasteiger partial charge on any atom is -0.497 e. The number of aromatic nitrogens is 1. The molecule has 0 saturated carbocycles. The largest absolute Gasteiger partial charge is 0.497 e. The number of ether oxygens (including phenoxy) is 1. The van der Waals surface area contributed by atoms with Gasteiger partial charge >= 0.3 is 0 Å². The molecule has 0 saturated heterocycles. The second kappa shape index (κ2) is 5.80. The van der Waals surface area contributed by atoms with Crippen molar-refractivity contribution >= 4 is 34.3 Å². The molecule has 1 aliphatic rings. The monoisotopic (exact) mass is 340 g/mol. The molecule has 114 valence electrons. The first-order valence-corrected chi connectivity index (χ1v) is 8.39. The molecule has 0 amide bonds. The summed E-state index contributed by atoms with van der Waals surface area (Å²) in [6.07, 6.45) is 2.66. The normalized spacial score (nSPS) is 12.4. The molecule has 3 nitrogen and oxygen atoms in total. The lowest BCUT2D eigenvalue weighted by Gasteiger charge is -2.03. The Labute approximate surface area is 143 Å². The Morgan fingerprint density at radius 3 is 2.96 bits per heavy atom. The smallest absolute Gasteiger partial charge is 0.209 e. The van der Waals surface area contributed by atoms with Gasteiger partial charge in [0.25, 0.3) is 0 Å². The number of fused-ring (bicyclic) bond motifs is 3. The molecule has 5 heteroatoms. The summed E-state index contributed by atoms with van der Waals surface area (Å²) in [6.45, 7) is 0. The molecule has 0 spiro atoms. The van der Waals surface area contributed by atoms with E-state index >= 15 is 0 Å². The highest BCUT2D eigenvalue weighted by molar-refractivity contribution is 7.15. The zero-order chi connectivity index (χ0) is 15.8. The highest BCUT2D eigenvalue weighted by atomic mass is 35.5. The lowest BCUT2D eigenvalue weighted by molar-refractivity contribution is 0.414. The Bertz CT molecular complexity index is 917. The molecule has 0 atom stereocenters. The van der Waals surface area contributed by atoms with Gasteiger partial charge in [-0.15, -0.1) is 0 Å². The molecule has 2 aromatic carbocycles. The van der Waals surface area contributed by atoms with E-state index in [4.69, 9.17) is 16.3 Å². The summed E-state index contributed by atoms with van der Waals surface area (Å²) in [5, 5.41) is 1.45. The van der Waals surface area contributed by atoms with Crippen LogP contribution >= 0.6 is 22.9 Å². The van der Waals surface area contributed by atoms with Gasteiger partial charge in [0.15, 0.2) is 0 Å². The topological polar surface area (TPSA) is 34.5 Å². The van der Waals surface area contributed by atoms with Crippen molar-refractivity contribution in [1.29, 1.82) is 0 Å². The molecule has 1 aliphatic carbocycles. The standard InChI is InChI=1S/C18H13ClN2OS/c1-22-13-6-7-14-12(8-13)9-16-17(14)21-18(23-16)20-10-11-4-2-3-5-15(11)19/h2-8,10H,9H2,1H3. The van der Waals surface area contributed by atoms with Crippen LogP contribution in [0.2, 0.25) is 5.02 Å². The van der Waals surface area contributed by atoms with Crippen LogP contribution in [0.3, 0.4) is 0 Å². The number of hydrogen-bond donors (Lipinski definition) is 0. The highest BCUT2D eigenvalue weighted by Gasteiger charge is 2.23. The van der Waals surface area contributed by atoms with Crippen LogP contribution in [0, 0.1) is 0 Å². The van der Waals surface area contributed by atoms with E-state index in [-0.39, 0.29) is 0 Å². The summed E-state index contributed by atoms with van der Waals surface area (Å²) < 4.78 is 5.28. The molecular formula is C18H13ClN2OS. The van der Waals surface area contributed by atoms with E-state index in [1.165, 1.54) is 16.0 Å². The highest BCUT2D eigenvalue weighted by Crippen LogP contribution is 2.42. The predicted octanol–water partition coefficient (Wildman–Crippen LogP) is 5.13. The number of aliphatic imine (C=N–C) groups is 1. The van der Waals surface area contributed by atoms with E-state index in [1.54, 1.807) is 24.7 Å². The maximum Gasteiger partial charge on any atom is 0.209 e. The number of hydrogen-bond acceptors (Lipinski definition) is 4. The quantitative estimate of drug-likeness (QED) is 0.485. The summed E-state index contributed by atoms with van der Waals surface area (Å²) in [5.41, 5.74) is 4.38. The van der Waals surface area contributed by atoms with Crippen molar-refractivity contribution in [2.45, 2.75) is 6.42 Å². The third kappa shape index (κ3) is 2.64. The van der Waals surface area contributed by atoms with Crippen molar-refractivity contribution < 1.29 is 4.74 Å². The minimum absolute atomic E-state index is 0.692. The van der Waals surface area contributed by atoms with E-state index in [9.17, 15) is 0 Å². The zero-order valence-corrected chi connectivity index (χ0v) is 14.0. The van der Waals surface area contributed by atoms with Gasteiger partial charge in [0.1, 0.15) is 5.75 Å². The van der Waals surface area contributed by atoms with Gasteiger partial charge in [0.05, 0.1) is 12.8 Å². The Morgan fingerprint density at radius 2 is 2.13 bits per heavy atom. The number of halogens is 1. The third-order valence-corrected chi connectivity index (χ3v) is 5.13. The Hall–Kier alpha value is -2.17. The maximum absolute atomic E-state index is 6.14. The molecule has 23 heavy (non-hydrogen) atoms. The fraction of sp³-hybridized carbons (Fsp3) is 0.111. The first-order valence-electron chi connectivity index (χ1n) is 7.20. The second-order valence-electron chi connectivity index (χ2n) is 5.25. The molecule has 1 heterocycles. The average molecular weight is 341 g/mol. The van der Waals surface area contributed by atoms with E-state index in [0.717, 1.165) is 28.6 Å². The minimum atomic E-state index is 0.692. The van der Waals surface area contributed by atoms with Crippen molar-refractivity contribution in [1.82, 2.24) is 4.98 Å². The lowest BCUT2D eigenvalue weighted by atomic mass is 10.1. The molecule has 0 radical (unpaired) electrons. The van der Waals surface area contributed by atoms with Gasteiger partial charge < -0.3 is 4.74 Å². The number of benzene rings is 2. The molecule has 0 N–H and O–H groups in total. The van der Waals surface area contributed by atoms with Crippen LogP contribution in [0.5, 0.6) is 5.75 Å².